The van der Waals surface area contributed by atoms with Crippen molar-refractivity contribution in [2.45, 2.75) is 144 Å². The monoisotopic (exact) mass is 909 g/mol. The molecule has 5 aliphatic rings. The van der Waals surface area contributed by atoms with Gasteiger partial charge in [-0.05, 0) is 157 Å². The van der Waals surface area contributed by atoms with Gasteiger partial charge in [0.2, 0.25) is 0 Å². The Morgan fingerprint density at radius 3 is 2.11 bits per heavy atom. The summed E-state index contributed by atoms with van der Waals surface area (Å²) < 4.78 is 28.6. The fraction of sp³-hybridized carbons (Fsp3) is 0.607. The van der Waals surface area contributed by atoms with Gasteiger partial charge < -0.3 is 39.0 Å². The number of allylic oxidation sites excluding steroid dienone is 3. The summed E-state index contributed by atoms with van der Waals surface area (Å²) in [4.78, 5) is 26.5. The number of esters is 2. The maximum Gasteiger partial charge on any atom is 0.311 e. The number of carbonyl (C=O) groups excluding carboxylic acids is 2. The van der Waals surface area contributed by atoms with Gasteiger partial charge in [-0.25, -0.2) is 0 Å². The Morgan fingerprint density at radius 2 is 1.38 bits per heavy atom. The Bertz CT molecular complexity index is 2230. The van der Waals surface area contributed by atoms with Crippen LogP contribution in [0.2, 0.25) is 0 Å². The first kappa shape index (κ1) is 49.4. The van der Waals surface area contributed by atoms with E-state index in [1.807, 2.05) is 7.11 Å². The van der Waals surface area contributed by atoms with Gasteiger partial charge in [0.05, 0.1) is 39.3 Å². The van der Waals surface area contributed by atoms with Gasteiger partial charge >= 0.3 is 11.9 Å². The Morgan fingerprint density at radius 1 is 0.727 bits per heavy atom. The van der Waals surface area contributed by atoms with Crippen LogP contribution in [0, 0.1) is 50.7 Å². The number of fused-ring (bicyclic) bond motifs is 6. The van der Waals surface area contributed by atoms with E-state index in [1.165, 1.54) is 77.0 Å². The smallest absolute Gasteiger partial charge is 0.311 e. The number of aliphatic hydroxyl groups is 2. The lowest BCUT2D eigenvalue weighted by atomic mass is 9.42. The maximum absolute atomic E-state index is 13.4. The summed E-state index contributed by atoms with van der Waals surface area (Å²) in [6, 6.07) is 9.74. The quantitative estimate of drug-likeness (QED) is 0.0585. The fourth-order valence-corrected chi connectivity index (χ4v) is 14.5. The average molecular weight is 909 g/mol. The Hall–Kier alpha value is -4.54. The number of benzene rings is 2. The molecule has 0 saturated heterocycles. The van der Waals surface area contributed by atoms with Crippen LogP contribution >= 0.6 is 0 Å². The molecular weight excluding hydrogens is 833 g/mol. The highest BCUT2D eigenvalue weighted by Gasteiger charge is 2.63. The first-order valence-electron chi connectivity index (χ1n) is 24.3. The number of hydrogen-bond donors (Lipinski definition) is 3. The van der Waals surface area contributed by atoms with E-state index in [2.05, 4.69) is 54.5 Å². The molecular formula is C56H76O10. The molecule has 0 amide bonds. The first-order valence-corrected chi connectivity index (χ1v) is 24.3. The summed E-state index contributed by atoms with van der Waals surface area (Å²) in [5.74, 6) is 1.99. The lowest BCUT2D eigenvalue weighted by molar-refractivity contribution is -0.178. The van der Waals surface area contributed by atoms with E-state index in [1.54, 1.807) is 48.1 Å². The van der Waals surface area contributed by atoms with E-state index in [9.17, 15) is 24.9 Å². The van der Waals surface area contributed by atoms with Gasteiger partial charge in [-0.3, -0.25) is 9.59 Å². The van der Waals surface area contributed by atoms with Crippen LogP contribution in [0.5, 0.6) is 23.0 Å². The first-order chi connectivity index (χ1) is 31.2. The number of rotatable bonds is 13. The van der Waals surface area contributed by atoms with E-state index in [0.717, 1.165) is 25.7 Å². The minimum atomic E-state index is -1.08. The van der Waals surface area contributed by atoms with Crippen LogP contribution in [0.25, 0.3) is 12.2 Å². The molecule has 0 bridgehead atoms. The molecule has 1 unspecified atom stereocenters. The van der Waals surface area contributed by atoms with Crippen LogP contribution in [0.3, 0.4) is 0 Å². The standard InChI is InChI=1S/C56H76O10/c1-52(2)46-25-28-54(5)34-37-15-21-45-53(3,4)49(27-29-55(45,6)40(37)18-22-47(54)56(46,7)30-26-48(52)64-10)66-51(61)24-23-50(60)65-42-20-14-36(32-44(42)63-9)12-17-39(58)33-38(57)16-11-35-13-19-41(59)43(31-35)62-8/h11-17,19-20,31-33,38,40,45-49,57-59H,18,21-30,34H2,1-10H3/b16-11+,17-12+,39-33-/t38?,40-,45-,46-,47-,48-,49+,54-,55+,56-/m0/s1. The molecule has 0 aliphatic heterocycles. The van der Waals surface area contributed by atoms with Crippen molar-refractivity contribution in [3.05, 3.63) is 83.2 Å². The van der Waals surface area contributed by atoms with Crippen molar-refractivity contribution in [1.82, 2.24) is 0 Å². The third-order valence-corrected chi connectivity index (χ3v) is 17.8. The van der Waals surface area contributed by atoms with Crippen molar-refractivity contribution in [2.24, 2.45) is 50.7 Å². The van der Waals surface area contributed by atoms with Crippen LogP contribution in [0.4, 0.5) is 0 Å². The van der Waals surface area contributed by atoms with Crippen molar-refractivity contribution < 1.29 is 48.6 Å². The third kappa shape index (κ3) is 9.60. The zero-order chi connectivity index (χ0) is 47.8. The molecule has 0 heterocycles. The largest absolute Gasteiger partial charge is 0.508 e. The van der Waals surface area contributed by atoms with Gasteiger partial charge in [-0.2, -0.15) is 0 Å². The molecule has 4 saturated carbocycles. The lowest BCUT2D eigenvalue weighted by Crippen LogP contribution is -2.58. The molecule has 7 rings (SSSR count). The molecule has 5 aliphatic carbocycles. The second-order valence-electron chi connectivity index (χ2n) is 22.2. The number of aromatic hydroxyl groups is 1. The molecule has 0 radical (unpaired) electrons. The normalized spacial score (nSPS) is 33.0. The van der Waals surface area contributed by atoms with Gasteiger partial charge in [0.15, 0.2) is 23.0 Å². The van der Waals surface area contributed by atoms with Gasteiger partial charge in [0, 0.05) is 12.5 Å². The number of phenols is 1. The van der Waals surface area contributed by atoms with Gasteiger partial charge in [-0.1, -0.05) is 90.5 Å². The molecule has 10 nitrogen and oxygen atoms in total. The van der Waals surface area contributed by atoms with Gasteiger partial charge in [-0.15, -0.1) is 0 Å². The van der Waals surface area contributed by atoms with Crippen molar-refractivity contribution >= 4 is 24.1 Å². The molecule has 0 aromatic heterocycles. The number of carbonyl (C=O) groups is 2. The van der Waals surface area contributed by atoms with Crippen molar-refractivity contribution in [3.8, 4) is 23.0 Å². The van der Waals surface area contributed by atoms with E-state index >= 15 is 0 Å². The summed E-state index contributed by atoms with van der Waals surface area (Å²) >= 11 is 0. The molecule has 3 N–H and O–H groups in total. The van der Waals surface area contributed by atoms with Crippen molar-refractivity contribution in [2.75, 3.05) is 21.3 Å². The number of methoxy groups -OCH3 is 3. The predicted molar refractivity (Wildman–Crippen MR) is 258 cm³/mol. The Balaban J connectivity index is 0.920. The number of ether oxygens (including phenoxy) is 5. The minimum absolute atomic E-state index is 0.0118. The highest BCUT2D eigenvalue weighted by Crippen LogP contribution is 2.70. The SMILES string of the molecule is COc1cc(/C=C/C(O)/C=C(O)/C=C/c2ccc(OC(=O)CCC(=O)O[C@@H]3CC[C@]4(C)[C@H]5CC[C@H]6[C@@](C)(CC[C@H]7C(C)(C)[C@@H](OC)CC[C@@]76C)CC5=CC[C@H]4C3(C)C)c(OC)c2)ccc1O. The minimum Gasteiger partial charge on any atom is -0.508 e. The Labute approximate surface area is 393 Å². The molecule has 4 fully saturated rings. The molecule has 10 atom stereocenters. The summed E-state index contributed by atoms with van der Waals surface area (Å²) in [5, 5.41) is 30.6. The van der Waals surface area contributed by atoms with Crippen LogP contribution in [0.1, 0.15) is 137 Å². The molecule has 360 valence electrons. The topological polar surface area (TPSA) is 141 Å². The maximum atomic E-state index is 13.4. The molecule has 66 heavy (non-hydrogen) atoms. The number of hydrogen-bond acceptors (Lipinski definition) is 10. The molecule has 0 spiro atoms. The fourth-order valence-electron chi connectivity index (χ4n) is 14.5. The predicted octanol–water partition coefficient (Wildman–Crippen LogP) is 12.0. The summed E-state index contributed by atoms with van der Waals surface area (Å²) in [6.07, 6.45) is 20.4. The summed E-state index contributed by atoms with van der Waals surface area (Å²) in [7, 11) is 4.82. The van der Waals surface area contributed by atoms with E-state index in [-0.39, 0.29) is 58.4 Å². The second kappa shape index (κ2) is 19.2. The molecule has 2 aromatic rings. The third-order valence-electron chi connectivity index (χ3n) is 17.8. The zero-order valence-corrected chi connectivity index (χ0v) is 41.2. The van der Waals surface area contributed by atoms with Crippen molar-refractivity contribution in [3.63, 3.8) is 0 Å². The van der Waals surface area contributed by atoms with Crippen LogP contribution in [0.15, 0.2) is 72.0 Å². The summed E-state index contributed by atoms with van der Waals surface area (Å²) in [6.45, 7) is 17.3. The van der Waals surface area contributed by atoms with E-state index in [4.69, 9.17) is 23.7 Å². The van der Waals surface area contributed by atoms with Gasteiger partial charge in [0.1, 0.15) is 11.9 Å². The molecule has 10 heteroatoms. The number of aliphatic hydroxyl groups excluding tert-OH is 2. The van der Waals surface area contributed by atoms with Crippen molar-refractivity contribution in [1.29, 1.82) is 0 Å². The summed E-state index contributed by atoms with van der Waals surface area (Å²) in [5.41, 5.74) is 3.74. The van der Waals surface area contributed by atoms with Crippen LogP contribution < -0.4 is 14.2 Å². The van der Waals surface area contributed by atoms with Crippen LogP contribution in [-0.2, 0) is 19.1 Å². The second-order valence-corrected chi connectivity index (χ2v) is 22.2. The zero-order valence-electron chi connectivity index (χ0n) is 41.2. The number of phenolic OH excluding ortho intramolecular Hbond substituents is 1. The van der Waals surface area contributed by atoms with E-state index < -0.39 is 12.1 Å². The van der Waals surface area contributed by atoms with Crippen LogP contribution in [-0.4, -0.2) is 66.9 Å². The Kier molecular flexibility index (Phi) is 14.4. The highest BCUT2D eigenvalue weighted by atomic mass is 16.6. The van der Waals surface area contributed by atoms with E-state index in [0.29, 0.717) is 63.2 Å². The molecule has 2 aromatic carbocycles. The highest BCUT2D eigenvalue weighted by molar-refractivity contribution is 5.79. The van der Waals surface area contributed by atoms with Gasteiger partial charge in [0.25, 0.3) is 0 Å². The average Bonchev–Trinajstić information content (AvgIpc) is 3.43. The lowest BCUT2D eigenvalue weighted by Gasteiger charge is -2.64.